The van der Waals surface area contributed by atoms with Gasteiger partial charge in [0.2, 0.25) is 0 Å². The first-order valence-electron chi connectivity index (χ1n) is 23.1. The van der Waals surface area contributed by atoms with Crippen LogP contribution >= 0.6 is 0 Å². The summed E-state index contributed by atoms with van der Waals surface area (Å²) in [5.74, 6) is 1.91. The summed E-state index contributed by atoms with van der Waals surface area (Å²) in [6, 6.07) is 84.8. The maximum atomic E-state index is 5.17. The summed E-state index contributed by atoms with van der Waals surface area (Å²) < 4.78 is 4.96. The summed E-state index contributed by atoms with van der Waals surface area (Å²) >= 11 is 0. The molecular formula is C63H39N5. The van der Waals surface area contributed by atoms with Crippen LogP contribution in [0.1, 0.15) is 0 Å². The average Bonchev–Trinajstić information content (AvgIpc) is 3.91. The Labute approximate surface area is 391 Å². The highest BCUT2D eigenvalue weighted by Crippen LogP contribution is 2.45. The highest BCUT2D eigenvalue weighted by molar-refractivity contribution is 6.27. The molecule has 3 aromatic heterocycles. The van der Waals surface area contributed by atoms with Crippen molar-refractivity contribution in [2.24, 2.45) is 0 Å². The van der Waals surface area contributed by atoms with Crippen LogP contribution < -0.4 is 0 Å². The second kappa shape index (κ2) is 15.2. The van der Waals surface area contributed by atoms with Crippen LogP contribution in [0, 0.1) is 0 Å². The van der Waals surface area contributed by atoms with Crippen LogP contribution in [0.3, 0.4) is 0 Å². The van der Waals surface area contributed by atoms with E-state index < -0.39 is 0 Å². The zero-order valence-corrected chi connectivity index (χ0v) is 36.8. The number of hydrogen-bond donors (Lipinski definition) is 0. The van der Waals surface area contributed by atoms with Crippen molar-refractivity contribution in [2.45, 2.75) is 0 Å². The Morgan fingerprint density at radius 2 is 0.809 bits per heavy atom. The molecule has 0 bridgehead atoms. The van der Waals surface area contributed by atoms with Crippen LogP contribution in [0.25, 0.3) is 133 Å². The quantitative estimate of drug-likeness (QED) is 0.167. The van der Waals surface area contributed by atoms with Gasteiger partial charge in [0.15, 0.2) is 17.5 Å². The average molecular weight is 866 g/mol. The first-order chi connectivity index (χ1) is 33.7. The van der Waals surface area contributed by atoms with Crippen molar-refractivity contribution in [3.63, 3.8) is 0 Å². The number of rotatable bonds is 6. The second-order valence-electron chi connectivity index (χ2n) is 17.6. The van der Waals surface area contributed by atoms with Crippen LogP contribution in [-0.4, -0.2) is 24.1 Å². The fraction of sp³-hybridized carbons (Fsp3) is 0. The number of aromatic nitrogens is 5. The minimum atomic E-state index is 0.631. The van der Waals surface area contributed by atoms with E-state index in [9.17, 15) is 0 Å². The molecule has 68 heavy (non-hydrogen) atoms. The molecule has 11 aromatic carbocycles. The Hall–Kier alpha value is -9.19. The lowest BCUT2D eigenvalue weighted by molar-refractivity contribution is 1.08. The lowest BCUT2D eigenvalue weighted by Crippen LogP contribution is -2.01. The van der Waals surface area contributed by atoms with Crippen molar-refractivity contribution >= 4 is 75.9 Å². The van der Waals surface area contributed by atoms with Crippen LogP contribution in [-0.2, 0) is 0 Å². The molecule has 0 aliphatic carbocycles. The first kappa shape index (κ1) is 38.1. The fourth-order valence-electron chi connectivity index (χ4n) is 10.7. The molecule has 0 saturated carbocycles. The van der Waals surface area contributed by atoms with Gasteiger partial charge in [0, 0.05) is 49.3 Å². The molecule has 5 heteroatoms. The maximum Gasteiger partial charge on any atom is 0.164 e. The normalized spacial score (nSPS) is 11.8. The van der Waals surface area contributed by atoms with E-state index in [-0.39, 0.29) is 0 Å². The molecule has 0 aliphatic rings. The molecule has 0 radical (unpaired) electrons. The molecule has 5 nitrogen and oxygen atoms in total. The van der Waals surface area contributed by atoms with Gasteiger partial charge in [0.1, 0.15) is 0 Å². The van der Waals surface area contributed by atoms with E-state index in [4.69, 9.17) is 15.0 Å². The Morgan fingerprint density at radius 1 is 0.265 bits per heavy atom. The predicted molar refractivity (Wildman–Crippen MR) is 283 cm³/mol. The highest BCUT2D eigenvalue weighted by atomic mass is 15.0. The number of hydrogen-bond acceptors (Lipinski definition) is 3. The molecule has 0 aliphatic heterocycles. The molecule has 0 N–H and O–H groups in total. The molecule has 0 fully saturated rings. The van der Waals surface area contributed by atoms with Crippen LogP contribution in [0.15, 0.2) is 237 Å². The van der Waals surface area contributed by atoms with E-state index in [0.717, 1.165) is 55.4 Å². The highest BCUT2D eigenvalue weighted by Gasteiger charge is 2.23. The van der Waals surface area contributed by atoms with E-state index in [2.05, 4.69) is 209 Å². The molecule has 0 atom stereocenters. The van der Waals surface area contributed by atoms with Crippen LogP contribution in [0.2, 0.25) is 0 Å². The van der Waals surface area contributed by atoms with Gasteiger partial charge >= 0.3 is 0 Å². The van der Waals surface area contributed by atoms with E-state index in [0.29, 0.717) is 17.5 Å². The number of benzene rings is 11. The Morgan fingerprint density at radius 3 is 1.51 bits per heavy atom. The number of nitrogens with zero attached hydrogens (tertiary/aromatic N) is 5. The molecule has 14 aromatic rings. The smallest absolute Gasteiger partial charge is 0.164 e. The minimum Gasteiger partial charge on any atom is -0.309 e. The van der Waals surface area contributed by atoms with Crippen molar-refractivity contribution in [1.29, 1.82) is 0 Å². The molecular weight excluding hydrogens is 827 g/mol. The Kier molecular flexibility index (Phi) is 8.52. The lowest BCUT2D eigenvalue weighted by atomic mass is 9.94. The zero-order chi connectivity index (χ0) is 44.7. The first-order valence-corrected chi connectivity index (χ1v) is 23.1. The van der Waals surface area contributed by atoms with E-state index >= 15 is 0 Å². The molecule has 0 saturated heterocycles. The van der Waals surface area contributed by atoms with E-state index in [1.165, 1.54) is 59.7 Å². The van der Waals surface area contributed by atoms with Gasteiger partial charge in [-0.3, -0.25) is 0 Å². The van der Waals surface area contributed by atoms with Crippen LogP contribution in [0.5, 0.6) is 0 Å². The van der Waals surface area contributed by atoms with E-state index in [1.54, 1.807) is 0 Å². The third-order valence-corrected chi connectivity index (χ3v) is 13.7. The molecule has 316 valence electrons. The molecule has 0 amide bonds. The second-order valence-corrected chi connectivity index (χ2v) is 17.6. The molecule has 14 rings (SSSR count). The number of fused-ring (bicyclic) bond motifs is 10. The van der Waals surface area contributed by atoms with E-state index in [1.807, 2.05) is 36.4 Å². The van der Waals surface area contributed by atoms with Crippen LogP contribution in [0.4, 0.5) is 0 Å². The standard InChI is InChI=1S/C63H39N5/c1-4-19-41(20-5-1)52-38-59-60(50-30-15-13-27-47(50)52)54-37-53-49-29-16-17-31-55(49)68(57(53)39-58(54)67(59)45-33-32-40-18-10-11-25-44(40)36-45)56-35-34-51(46-26-12-14-28-48(46)56)63-65-61(42-21-6-2-7-22-42)64-62(66-63)43-23-8-3-9-24-43/h1-39H. The Bertz CT molecular complexity index is 4250. The summed E-state index contributed by atoms with van der Waals surface area (Å²) in [6.07, 6.45) is 0. The molecule has 3 heterocycles. The van der Waals surface area contributed by atoms with Gasteiger partial charge in [-0.05, 0) is 86.6 Å². The minimum absolute atomic E-state index is 0.631. The lowest BCUT2D eigenvalue weighted by Gasteiger charge is -2.15. The van der Waals surface area contributed by atoms with Crippen molar-refractivity contribution < 1.29 is 0 Å². The predicted octanol–water partition coefficient (Wildman–Crippen LogP) is 16.2. The maximum absolute atomic E-state index is 5.17. The molecule has 0 unspecified atom stereocenters. The van der Waals surface area contributed by atoms with Gasteiger partial charge in [-0.1, -0.05) is 188 Å². The summed E-state index contributed by atoms with van der Waals surface area (Å²) in [4.78, 5) is 15.3. The van der Waals surface area contributed by atoms with Crippen molar-refractivity contribution in [3.8, 4) is 56.7 Å². The third-order valence-electron chi connectivity index (χ3n) is 13.7. The third kappa shape index (κ3) is 5.93. The zero-order valence-electron chi connectivity index (χ0n) is 36.8. The summed E-state index contributed by atoms with van der Waals surface area (Å²) in [6.45, 7) is 0. The van der Waals surface area contributed by atoms with Crippen molar-refractivity contribution in [3.05, 3.63) is 237 Å². The topological polar surface area (TPSA) is 48.5 Å². The number of para-hydroxylation sites is 1. The summed E-state index contributed by atoms with van der Waals surface area (Å²) in [5, 5.41) is 11.9. The monoisotopic (exact) mass is 865 g/mol. The summed E-state index contributed by atoms with van der Waals surface area (Å²) in [5.41, 5.74) is 12.0. The van der Waals surface area contributed by atoms with Gasteiger partial charge in [0.05, 0.1) is 27.8 Å². The van der Waals surface area contributed by atoms with Crippen molar-refractivity contribution in [2.75, 3.05) is 0 Å². The van der Waals surface area contributed by atoms with Gasteiger partial charge < -0.3 is 9.13 Å². The summed E-state index contributed by atoms with van der Waals surface area (Å²) in [7, 11) is 0. The molecule has 0 spiro atoms. The van der Waals surface area contributed by atoms with Crippen molar-refractivity contribution in [1.82, 2.24) is 24.1 Å². The fourth-order valence-corrected chi connectivity index (χ4v) is 10.7. The van der Waals surface area contributed by atoms with Gasteiger partial charge in [0.25, 0.3) is 0 Å². The Balaban J connectivity index is 1.06. The SMILES string of the molecule is c1ccc(-c2nc(-c3ccccc3)nc(-c3ccc(-n4c5ccccc5c5cc6c7c8ccccc8c(-c8ccccc8)cc7n(-c7ccc8ccccc8c7)c6cc54)c4ccccc34)n2)cc1. The van der Waals surface area contributed by atoms with Gasteiger partial charge in [-0.15, -0.1) is 0 Å². The largest absolute Gasteiger partial charge is 0.309 e. The van der Waals surface area contributed by atoms with Gasteiger partial charge in [-0.2, -0.15) is 0 Å². The van der Waals surface area contributed by atoms with Gasteiger partial charge in [-0.25, -0.2) is 15.0 Å².